The van der Waals surface area contributed by atoms with Crippen molar-refractivity contribution in [3.63, 3.8) is 0 Å². The van der Waals surface area contributed by atoms with Crippen LogP contribution in [0.15, 0.2) is 120 Å². The predicted molar refractivity (Wildman–Crippen MR) is 283 cm³/mol. The Balaban J connectivity index is 1.48. The SMILES string of the molecule is COC1=CC2C(OP(Oc3c(-c4cc(OC)cc(C(C)(C)C)c4OP(Oc4ccccc4C)Oc4ccccc4C)cc(OC)cc3C(C)(C)C)OC3C(C(C)(C)C)=CC(OC)=CC32)C(C(C)(C)C)=C1. The summed E-state index contributed by atoms with van der Waals surface area (Å²) in [7, 11) is 2.50. The van der Waals surface area contributed by atoms with E-state index in [-0.39, 0.29) is 22.7 Å². The Kier molecular flexibility index (Phi) is 15.6. The number of aryl methyl sites for hydroxylation is 2. The molecule has 4 unspecified atom stereocenters. The average molecular weight is 993 g/mol. The van der Waals surface area contributed by atoms with E-state index in [4.69, 9.17) is 46.1 Å². The normalized spacial score (nSPS) is 20.6. The third-order valence-electron chi connectivity index (χ3n) is 13.0. The minimum atomic E-state index is -2.15. The maximum Gasteiger partial charge on any atom is 0.530 e. The van der Waals surface area contributed by atoms with E-state index in [1.54, 1.807) is 28.4 Å². The Labute approximate surface area is 420 Å². The molecular formula is C58H74O10P2. The van der Waals surface area contributed by atoms with Gasteiger partial charge in [-0.25, -0.2) is 0 Å². The number of fused-ring (bicyclic) bond motifs is 3. The largest absolute Gasteiger partial charge is 0.530 e. The molecule has 4 atom stereocenters. The summed E-state index contributed by atoms with van der Waals surface area (Å²) in [4.78, 5) is 0. The standard InChI is InChI=1S/C58H74O10P2/c1-35-23-19-21-25-49(35)63-69(64-50-26-22-20-24-36(50)2)65-51-41(27-37(59-15)31-45(51)55(3,4)5)42-28-38(60-16)32-46(56(6,7)8)52(42)66-70-67-53-43(29-39(61-17)33-47(53)57(9,10)11)44-30-40(62-18)34-48(54(44)68-70)58(12,13)14/h19-34,43-44,53-54H,1-18H3. The third kappa shape index (κ3) is 11.5. The number of hydrogen-bond donors (Lipinski definition) is 0. The van der Waals surface area contributed by atoms with Crippen molar-refractivity contribution in [1.82, 2.24) is 0 Å². The highest BCUT2D eigenvalue weighted by molar-refractivity contribution is 7.43. The Morgan fingerprint density at radius 3 is 1.26 bits per heavy atom. The van der Waals surface area contributed by atoms with Gasteiger partial charge in [0.2, 0.25) is 0 Å². The van der Waals surface area contributed by atoms with Gasteiger partial charge in [0.05, 0.1) is 40.6 Å². The van der Waals surface area contributed by atoms with Crippen LogP contribution < -0.4 is 27.6 Å². The van der Waals surface area contributed by atoms with Crippen molar-refractivity contribution < 1.29 is 46.1 Å². The molecule has 0 radical (unpaired) electrons. The van der Waals surface area contributed by atoms with Crippen LogP contribution in [0.25, 0.3) is 11.1 Å². The highest BCUT2D eigenvalue weighted by Gasteiger charge is 2.51. The summed E-state index contributed by atoms with van der Waals surface area (Å²) in [5.41, 5.74) is 5.62. The second-order valence-electron chi connectivity index (χ2n) is 22.4. The van der Waals surface area contributed by atoms with Gasteiger partial charge in [0.15, 0.2) is 0 Å². The van der Waals surface area contributed by atoms with Crippen LogP contribution in [0.2, 0.25) is 0 Å². The monoisotopic (exact) mass is 992 g/mol. The second kappa shape index (κ2) is 20.6. The van der Waals surface area contributed by atoms with E-state index in [9.17, 15) is 0 Å². The molecule has 1 aliphatic heterocycles. The van der Waals surface area contributed by atoms with Gasteiger partial charge in [0.1, 0.15) is 46.0 Å². The van der Waals surface area contributed by atoms with Gasteiger partial charge in [-0.15, -0.1) is 0 Å². The molecular weight excluding hydrogens is 919 g/mol. The third-order valence-corrected chi connectivity index (χ3v) is 15.2. The van der Waals surface area contributed by atoms with Crippen LogP contribution in [0, 0.1) is 36.5 Å². The topological polar surface area (TPSA) is 92.3 Å². The van der Waals surface area contributed by atoms with Crippen molar-refractivity contribution in [3.05, 3.63) is 142 Å². The van der Waals surface area contributed by atoms with E-state index in [1.807, 2.05) is 86.6 Å². The van der Waals surface area contributed by atoms with E-state index >= 15 is 0 Å². The van der Waals surface area contributed by atoms with Crippen LogP contribution in [0.4, 0.5) is 0 Å². The summed E-state index contributed by atoms with van der Waals surface area (Å²) < 4.78 is 67.4. The molecule has 0 aromatic heterocycles. The summed E-state index contributed by atoms with van der Waals surface area (Å²) in [5, 5.41) is 0. The van der Waals surface area contributed by atoms with Crippen molar-refractivity contribution >= 4 is 17.2 Å². The van der Waals surface area contributed by atoms with Crippen molar-refractivity contribution in [2.24, 2.45) is 22.7 Å². The van der Waals surface area contributed by atoms with Gasteiger partial charge in [-0.3, -0.25) is 9.05 Å². The zero-order valence-corrected chi connectivity index (χ0v) is 46.3. The number of rotatable bonds is 13. The summed E-state index contributed by atoms with van der Waals surface area (Å²) >= 11 is 0. The molecule has 1 saturated heterocycles. The van der Waals surface area contributed by atoms with Crippen LogP contribution in [-0.2, 0) is 29.4 Å². The fourth-order valence-electron chi connectivity index (χ4n) is 9.04. The lowest BCUT2D eigenvalue weighted by molar-refractivity contribution is 0.141. The number of ether oxygens (including phenoxy) is 4. The molecule has 4 aromatic rings. The lowest BCUT2D eigenvalue weighted by Crippen LogP contribution is -2.41. The second-order valence-corrected chi connectivity index (χ2v) is 24.4. The van der Waals surface area contributed by atoms with Crippen LogP contribution in [0.3, 0.4) is 0 Å². The van der Waals surface area contributed by atoms with Crippen LogP contribution in [0.5, 0.6) is 34.5 Å². The predicted octanol–water partition coefficient (Wildman–Crippen LogP) is 16.0. The zero-order valence-electron chi connectivity index (χ0n) is 44.5. The van der Waals surface area contributed by atoms with Gasteiger partial charge in [-0.05, 0) is 118 Å². The van der Waals surface area contributed by atoms with Gasteiger partial charge in [-0.2, -0.15) is 0 Å². The molecule has 376 valence electrons. The number of hydrogen-bond acceptors (Lipinski definition) is 10. The summed E-state index contributed by atoms with van der Waals surface area (Å²) in [6.07, 6.45) is 7.72. The summed E-state index contributed by atoms with van der Waals surface area (Å²) in [6, 6.07) is 23.8. The lowest BCUT2D eigenvalue weighted by Gasteiger charge is -2.41. The maximum atomic E-state index is 7.54. The molecule has 7 rings (SSSR count). The number of allylic oxidation sites excluding steroid dienone is 2. The van der Waals surface area contributed by atoms with E-state index in [0.29, 0.717) is 45.6 Å². The van der Waals surface area contributed by atoms with Crippen LogP contribution in [-0.4, -0.2) is 40.6 Å². The van der Waals surface area contributed by atoms with E-state index in [2.05, 4.69) is 107 Å². The molecule has 12 heteroatoms. The molecule has 0 N–H and O–H groups in total. The Morgan fingerprint density at radius 2 is 0.886 bits per heavy atom. The summed E-state index contributed by atoms with van der Waals surface area (Å²) in [5.74, 6) is 4.86. The zero-order chi connectivity index (χ0) is 51.1. The molecule has 0 spiro atoms. The number of para-hydroxylation sites is 2. The molecule has 0 saturated carbocycles. The van der Waals surface area contributed by atoms with Crippen molar-refractivity contribution in [3.8, 4) is 45.6 Å². The molecule has 4 aromatic carbocycles. The molecule has 0 bridgehead atoms. The van der Waals surface area contributed by atoms with Crippen LogP contribution in [0.1, 0.15) is 105 Å². The number of benzene rings is 4. The first-order chi connectivity index (χ1) is 32.8. The highest BCUT2D eigenvalue weighted by atomic mass is 31.2. The Hall–Kier alpha value is -4.98. The van der Waals surface area contributed by atoms with E-state index in [1.165, 1.54) is 0 Å². The van der Waals surface area contributed by atoms with E-state index in [0.717, 1.165) is 44.9 Å². The molecule has 70 heavy (non-hydrogen) atoms. The van der Waals surface area contributed by atoms with Crippen molar-refractivity contribution in [2.75, 3.05) is 28.4 Å². The molecule has 1 fully saturated rings. The smallest absolute Gasteiger partial charge is 0.497 e. The van der Waals surface area contributed by atoms with Gasteiger partial charge < -0.3 is 37.0 Å². The maximum absolute atomic E-state index is 7.54. The fourth-order valence-corrected chi connectivity index (χ4v) is 11.6. The summed E-state index contributed by atoms with van der Waals surface area (Å²) in [6.45, 7) is 30.2. The molecule has 1 heterocycles. The minimum Gasteiger partial charge on any atom is -0.497 e. The molecule has 0 amide bonds. The molecule has 10 nitrogen and oxygen atoms in total. The first-order valence-electron chi connectivity index (χ1n) is 24.0. The highest BCUT2D eigenvalue weighted by Crippen LogP contribution is 2.61. The number of methoxy groups -OCH3 is 4. The lowest BCUT2D eigenvalue weighted by atomic mass is 9.67. The molecule has 3 aliphatic rings. The first kappa shape index (κ1) is 52.8. The van der Waals surface area contributed by atoms with Crippen LogP contribution >= 0.6 is 17.2 Å². The van der Waals surface area contributed by atoms with Gasteiger partial charge in [0, 0.05) is 34.1 Å². The van der Waals surface area contributed by atoms with Gasteiger partial charge in [-0.1, -0.05) is 119 Å². The Morgan fingerprint density at radius 1 is 0.486 bits per heavy atom. The van der Waals surface area contributed by atoms with Crippen molar-refractivity contribution in [1.29, 1.82) is 0 Å². The van der Waals surface area contributed by atoms with E-state index < -0.39 is 40.2 Å². The average Bonchev–Trinajstić information content (AvgIpc) is 3.44. The van der Waals surface area contributed by atoms with Gasteiger partial charge in [0.25, 0.3) is 0 Å². The minimum absolute atomic E-state index is 0.183. The Bertz CT molecular complexity index is 2560. The van der Waals surface area contributed by atoms with Crippen molar-refractivity contribution in [2.45, 2.75) is 120 Å². The first-order valence-corrected chi connectivity index (χ1v) is 26.2. The fraction of sp³-hybridized carbons (Fsp3) is 0.448. The quantitative estimate of drug-likeness (QED) is 0.121. The van der Waals surface area contributed by atoms with Gasteiger partial charge >= 0.3 is 17.2 Å². The molecule has 2 aliphatic carbocycles.